The Morgan fingerprint density at radius 2 is 1.78 bits per heavy atom. The summed E-state index contributed by atoms with van der Waals surface area (Å²) in [5, 5.41) is 3.17. The maximum absolute atomic E-state index is 12.8. The summed E-state index contributed by atoms with van der Waals surface area (Å²) in [7, 11) is 0.198. The Hall–Kier alpha value is -3.67. The number of methoxy groups -OCH3 is 1. The fraction of sp³-hybridized carbons (Fsp3) is 0.308. The molecule has 1 aliphatic rings. The lowest BCUT2D eigenvalue weighted by Crippen LogP contribution is -2.48. The number of benzene rings is 2. The van der Waals surface area contributed by atoms with Crippen molar-refractivity contribution >= 4 is 34.9 Å². The third-order valence-electron chi connectivity index (χ3n) is 6.05. The van der Waals surface area contributed by atoms with Gasteiger partial charge >= 0.3 is 0 Å². The zero-order chi connectivity index (χ0) is 26.2. The molecule has 1 aliphatic heterocycles. The quantitative estimate of drug-likeness (QED) is 0.311. The molecule has 4 rings (SSSR count). The fourth-order valence-corrected chi connectivity index (χ4v) is 4.87. The molecule has 37 heavy (non-hydrogen) atoms. The van der Waals surface area contributed by atoms with Crippen molar-refractivity contribution in [3.8, 4) is 11.3 Å². The number of carbonyl (C=O) groups excluding carboxylic acids is 2. The normalized spacial score (nSPS) is 15.2. The van der Waals surface area contributed by atoms with E-state index in [1.54, 1.807) is 53.4 Å². The fourth-order valence-electron chi connectivity index (χ4n) is 3.85. The molecule has 0 radical (unpaired) electrons. The van der Waals surface area contributed by atoms with Crippen LogP contribution >= 0.6 is 0 Å². The van der Waals surface area contributed by atoms with Gasteiger partial charge in [0.2, 0.25) is 12.4 Å². The number of nitrogens with zero attached hydrogens (tertiary/aromatic N) is 4. The number of anilines is 2. The number of hydrogen-bond donors (Lipinski definition) is 2. The van der Waals surface area contributed by atoms with Gasteiger partial charge in [-0.25, -0.2) is 18.9 Å². The van der Waals surface area contributed by atoms with Gasteiger partial charge in [-0.05, 0) is 48.9 Å². The van der Waals surface area contributed by atoms with Crippen LogP contribution < -0.4 is 10.0 Å². The van der Waals surface area contributed by atoms with Crippen molar-refractivity contribution in [2.24, 2.45) is 0 Å². The van der Waals surface area contributed by atoms with E-state index in [4.69, 9.17) is 4.74 Å². The van der Waals surface area contributed by atoms with Crippen molar-refractivity contribution in [2.45, 2.75) is 24.5 Å². The average molecular weight is 523 g/mol. The van der Waals surface area contributed by atoms with Gasteiger partial charge in [0.1, 0.15) is 17.2 Å². The van der Waals surface area contributed by atoms with Crippen LogP contribution in [0.15, 0.2) is 65.7 Å². The van der Waals surface area contributed by atoms with E-state index in [9.17, 15) is 13.8 Å². The number of carbonyl (C=O) groups is 2. The van der Waals surface area contributed by atoms with Gasteiger partial charge in [0.25, 0.3) is 5.91 Å². The highest BCUT2D eigenvalue weighted by Gasteiger charge is 2.21. The van der Waals surface area contributed by atoms with Crippen molar-refractivity contribution in [3.63, 3.8) is 0 Å². The van der Waals surface area contributed by atoms with Crippen molar-refractivity contribution in [3.05, 3.63) is 66.4 Å². The molecular weight excluding hydrogens is 492 g/mol. The van der Waals surface area contributed by atoms with Crippen LogP contribution in [0.2, 0.25) is 0 Å². The molecule has 2 heterocycles. The molecule has 1 fully saturated rings. The Labute approximate surface area is 218 Å². The second-order valence-corrected chi connectivity index (χ2v) is 9.69. The highest BCUT2D eigenvalue weighted by Crippen LogP contribution is 2.21. The van der Waals surface area contributed by atoms with E-state index in [0.29, 0.717) is 54.7 Å². The highest BCUT2D eigenvalue weighted by atomic mass is 32.2. The number of rotatable bonds is 10. The standard InChI is InChI=1S/C26H30N6O4S/c1-3-24(36-2)30-37(35)22-10-6-19(7-11-22)23-12-13-27-26(29-23)28-21-8-4-20(5-9-21)25(34)32-16-14-31(18-33)15-17-32/h4-13,18,24,30H,3,14-17H2,1-2H3,(H,27,28,29). The van der Waals surface area contributed by atoms with Gasteiger partial charge in [0, 0.05) is 56.3 Å². The average Bonchev–Trinajstić information content (AvgIpc) is 2.96. The minimum absolute atomic E-state index is 0.0534. The van der Waals surface area contributed by atoms with Crippen LogP contribution in [0.4, 0.5) is 11.6 Å². The van der Waals surface area contributed by atoms with Gasteiger partial charge in [-0.15, -0.1) is 0 Å². The molecule has 0 aliphatic carbocycles. The van der Waals surface area contributed by atoms with Crippen molar-refractivity contribution in [1.29, 1.82) is 0 Å². The first kappa shape index (κ1) is 26.4. The molecule has 1 aromatic heterocycles. The zero-order valence-corrected chi connectivity index (χ0v) is 21.6. The zero-order valence-electron chi connectivity index (χ0n) is 20.8. The molecule has 2 N–H and O–H groups in total. The Balaban J connectivity index is 1.38. The maximum Gasteiger partial charge on any atom is 0.253 e. The van der Waals surface area contributed by atoms with Crippen LogP contribution in [0.1, 0.15) is 23.7 Å². The van der Waals surface area contributed by atoms with E-state index in [2.05, 4.69) is 20.0 Å². The third-order valence-corrected chi connectivity index (χ3v) is 7.23. The summed E-state index contributed by atoms with van der Waals surface area (Å²) in [4.78, 5) is 36.6. The lowest BCUT2D eigenvalue weighted by molar-refractivity contribution is -0.119. The summed E-state index contributed by atoms with van der Waals surface area (Å²) in [6.45, 7) is 4.10. The number of hydrogen-bond acceptors (Lipinski definition) is 7. The monoisotopic (exact) mass is 522 g/mol. The van der Waals surface area contributed by atoms with Crippen LogP contribution in [-0.4, -0.2) is 75.8 Å². The van der Waals surface area contributed by atoms with Gasteiger partial charge in [0.15, 0.2) is 0 Å². The SMILES string of the molecule is CCC(NS(=O)c1ccc(-c2ccnc(Nc3ccc(C(=O)N4CCN(C=O)CC4)cc3)n2)cc1)OC. The molecule has 0 bridgehead atoms. The minimum atomic E-state index is -1.38. The predicted molar refractivity (Wildman–Crippen MR) is 141 cm³/mol. The Kier molecular flexibility index (Phi) is 8.94. The first-order valence-electron chi connectivity index (χ1n) is 12.0. The number of amides is 2. The largest absolute Gasteiger partial charge is 0.366 e. The van der Waals surface area contributed by atoms with Gasteiger partial charge in [-0.2, -0.15) is 0 Å². The van der Waals surface area contributed by atoms with Crippen LogP contribution in [0.5, 0.6) is 0 Å². The van der Waals surface area contributed by atoms with Gasteiger partial charge in [-0.3, -0.25) is 9.59 Å². The van der Waals surface area contributed by atoms with Crippen molar-refractivity contribution in [1.82, 2.24) is 24.5 Å². The Bertz CT molecular complexity index is 1230. The second-order valence-electron chi connectivity index (χ2n) is 8.44. The number of nitrogens with one attached hydrogen (secondary N) is 2. The van der Waals surface area contributed by atoms with Gasteiger partial charge in [-0.1, -0.05) is 19.1 Å². The summed E-state index contributed by atoms with van der Waals surface area (Å²) < 4.78 is 20.7. The van der Waals surface area contributed by atoms with Crippen LogP contribution in [0.25, 0.3) is 11.3 Å². The molecule has 0 saturated carbocycles. The van der Waals surface area contributed by atoms with Crippen LogP contribution in [0, 0.1) is 0 Å². The number of aromatic nitrogens is 2. The van der Waals surface area contributed by atoms with Crippen molar-refractivity contribution in [2.75, 3.05) is 38.6 Å². The molecule has 0 spiro atoms. The van der Waals surface area contributed by atoms with E-state index in [1.807, 2.05) is 31.2 Å². The smallest absolute Gasteiger partial charge is 0.253 e. The summed E-state index contributed by atoms with van der Waals surface area (Å²) >= 11 is 0. The first-order chi connectivity index (χ1) is 18.0. The van der Waals surface area contributed by atoms with E-state index in [1.165, 1.54) is 0 Å². The minimum Gasteiger partial charge on any atom is -0.366 e. The molecular formula is C26H30N6O4S. The van der Waals surface area contributed by atoms with Gasteiger partial charge < -0.3 is 19.9 Å². The Morgan fingerprint density at radius 3 is 2.41 bits per heavy atom. The van der Waals surface area contributed by atoms with E-state index >= 15 is 0 Å². The predicted octanol–water partition coefficient (Wildman–Crippen LogP) is 2.80. The third kappa shape index (κ3) is 6.76. The molecule has 194 valence electrons. The molecule has 11 heteroatoms. The second kappa shape index (κ2) is 12.5. The van der Waals surface area contributed by atoms with Crippen LogP contribution in [-0.2, 0) is 20.5 Å². The number of ether oxygens (including phenoxy) is 1. The summed E-state index contributed by atoms with van der Waals surface area (Å²) in [6.07, 6.45) is 2.91. The lowest BCUT2D eigenvalue weighted by Gasteiger charge is -2.32. The first-order valence-corrected chi connectivity index (χ1v) is 13.2. The summed E-state index contributed by atoms with van der Waals surface area (Å²) in [6, 6.07) is 16.3. The molecule has 2 amide bonds. The summed E-state index contributed by atoms with van der Waals surface area (Å²) in [5.74, 6) is 0.365. The van der Waals surface area contributed by atoms with E-state index in [-0.39, 0.29) is 12.1 Å². The highest BCUT2D eigenvalue weighted by molar-refractivity contribution is 7.83. The number of piperazine rings is 1. The topological polar surface area (TPSA) is 117 Å². The molecule has 2 aromatic carbocycles. The molecule has 1 saturated heterocycles. The van der Waals surface area contributed by atoms with Crippen molar-refractivity contribution < 1.29 is 18.5 Å². The maximum atomic E-state index is 12.8. The van der Waals surface area contributed by atoms with E-state index in [0.717, 1.165) is 17.7 Å². The lowest BCUT2D eigenvalue weighted by atomic mass is 10.1. The molecule has 3 aromatic rings. The molecule has 10 nitrogen and oxygen atoms in total. The van der Waals surface area contributed by atoms with Gasteiger partial charge in [0.05, 0.1) is 10.6 Å². The summed E-state index contributed by atoms with van der Waals surface area (Å²) in [5.41, 5.74) is 2.91. The Morgan fingerprint density at radius 1 is 1.08 bits per heavy atom. The molecule has 2 unspecified atom stereocenters. The van der Waals surface area contributed by atoms with Crippen LogP contribution in [0.3, 0.4) is 0 Å². The molecule has 2 atom stereocenters. The van der Waals surface area contributed by atoms with E-state index < -0.39 is 11.0 Å².